The first-order valence-electron chi connectivity index (χ1n) is 10.7. The van der Waals surface area contributed by atoms with E-state index in [0.29, 0.717) is 17.1 Å². The van der Waals surface area contributed by atoms with Crippen LogP contribution >= 0.6 is 0 Å². The third-order valence-electron chi connectivity index (χ3n) is 5.13. The van der Waals surface area contributed by atoms with E-state index in [9.17, 15) is 14.9 Å². The number of rotatable bonds is 10. The average Bonchev–Trinajstić information content (AvgIpc) is 2.89. The molecule has 0 saturated carbocycles. The molecule has 178 valence electrons. The van der Waals surface area contributed by atoms with Gasteiger partial charge in [0.05, 0.1) is 26.3 Å². The number of nitro benzene ring substituents is 1. The number of hydrogen-bond acceptors (Lipinski definition) is 6. The fraction of sp³-hybridized carbons (Fsp3) is 0.107. The normalized spacial score (nSPS) is 11.3. The van der Waals surface area contributed by atoms with E-state index in [1.54, 1.807) is 51.7 Å². The van der Waals surface area contributed by atoms with Crippen LogP contribution in [0.5, 0.6) is 17.2 Å². The van der Waals surface area contributed by atoms with E-state index in [4.69, 9.17) is 14.2 Å². The predicted molar refractivity (Wildman–Crippen MR) is 138 cm³/mol. The van der Waals surface area contributed by atoms with Crippen LogP contribution in [0.25, 0.3) is 24.3 Å². The summed E-state index contributed by atoms with van der Waals surface area (Å²) in [6.07, 6.45) is 10.0. The number of carbonyl (C=O) groups is 1. The van der Waals surface area contributed by atoms with Crippen molar-refractivity contribution < 1.29 is 23.9 Å². The lowest BCUT2D eigenvalue weighted by Gasteiger charge is -2.11. The second-order valence-electron chi connectivity index (χ2n) is 7.36. The molecule has 3 rings (SSSR count). The fourth-order valence-corrected chi connectivity index (χ4v) is 3.23. The van der Waals surface area contributed by atoms with Gasteiger partial charge in [0.2, 0.25) is 0 Å². The zero-order chi connectivity index (χ0) is 25.2. The summed E-state index contributed by atoms with van der Waals surface area (Å²) < 4.78 is 16.1. The van der Waals surface area contributed by atoms with Gasteiger partial charge in [0, 0.05) is 23.8 Å². The smallest absolute Gasteiger partial charge is 0.269 e. The molecule has 0 unspecified atom stereocenters. The summed E-state index contributed by atoms with van der Waals surface area (Å²) >= 11 is 0. The summed E-state index contributed by atoms with van der Waals surface area (Å²) in [6, 6.07) is 17.2. The zero-order valence-electron chi connectivity index (χ0n) is 19.6. The number of non-ortho nitro benzene ring substituents is 1. The topological polar surface area (TPSA) is 87.9 Å². The third kappa shape index (κ3) is 6.91. The highest BCUT2D eigenvalue weighted by Gasteiger charge is 2.09. The molecule has 0 saturated heterocycles. The van der Waals surface area contributed by atoms with E-state index >= 15 is 0 Å². The van der Waals surface area contributed by atoms with Crippen LogP contribution in [0.15, 0.2) is 72.8 Å². The fourth-order valence-electron chi connectivity index (χ4n) is 3.23. The van der Waals surface area contributed by atoms with Crippen molar-refractivity contribution in [1.29, 1.82) is 0 Å². The van der Waals surface area contributed by atoms with Crippen molar-refractivity contribution in [2.75, 3.05) is 21.3 Å². The number of ether oxygens (including phenoxy) is 3. The molecule has 0 aliphatic heterocycles. The Balaban J connectivity index is 1.85. The summed E-state index contributed by atoms with van der Waals surface area (Å²) in [6.45, 7) is 0. The molecule has 3 aromatic carbocycles. The maximum absolute atomic E-state index is 12.5. The van der Waals surface area contributed by atoms with E-state index in [2.05, 4.69) is 0 Å². The van der Waals surface area contributed by atoms with E-state index in [0.717, 1.165) is 22.4 Å². The number of ketones is 1. The number of nitro groups is 1. The first-order chi connectivity index (χ1) is 16.9. The van der Waals surface area contributed by atoms with Gasteiger partial charge >= 0.3 is 0 Å². The molecule has 3 aromatic rings. The molecule has 0 fully saturated rings. The van der Waals surface area contributed by atoms with Gasteiger partial charge in [-0.15, -0.1) is 0 Å². The number of benzene rings is 3. The molecular formula is C28H25NO6. The lowest BCUT2D eigenvalue weighted by Crippen LogP contribution is -1.94. The minimum Gasteiger partial charge on any atom is -0.497 e. The van der Waals surface area contributed by atoms with Crippen LogP contribution in [0.4, 0.5) is 5.69 Å². The second kappa shape index (κ2) is 12.0. The van der Waals surface area contributed by atoms with E-state index < -0.39 is 4.92 Å². The van der Waals surface area contributed by atoms with Crippen molar-refractivity contribution in [1.82, 2.24) is 0 Å². The van der Waals surface area contributed by atoms with Crippen LogP contribution in [0, 0.1) is 10.1 Å². The van der Waals surface area contributed by atoms with Gasteiger partial charge in [0.1, 0.15) is 17.2 Å². The number of carbonyl (C=O) groups excluding carboxylic acids is 1. The molecule has 0 N–H and O–H groups in total. The van der Waals surface area contributed by atoms with Crippen molar-refractivity contribution in [3.8, 4) is 17.2 Å². The van der Waals surface area contributed by atoms with Gasteiger partial charge in [0.15, 0.2) is 5.78 Å². The SMILES string of the molecule is COc1ccc(/C=C/c2cc(OC)cc(OC)c2/C=C/C(=O)/C=C/c2ccc([N+](=O)[O-])cc2)cc1. The maximum Gasteiger partial charge on any atom is 0.269 e. The minimum atomic E-state index is -0.468. The van der Waals surface area contributed by atoms with Crippen LogP contribution < -0.4 is 14.2 Å². The Morgan fingerprint density at radius 1 is 0.743 bits per heavy atom. The first-order valence-corrected chi connectivity index (χ1v) is 10.7. The molecular weight excluding hydrogens is 446 g/mol. The summed E-state index contributed by atoms with van der Waals surface area (Å²) in [5.41, 5.74) is 3.18. The Hall–Kier alpha value is -4.65. The molecule has 0 radical (unpaired) electrons. The van der Waals surface area contributed by atoms with Gasteiger partial charge in [-0.1, -0.05) is 30.4 Å². The summed E-state index contributed by atoms with van der Waals surface area (Å²) in [5, 5.41) is 10.8. The quantitative estimate of drug-likeness (QED) is 0.154. The lowest BCUT2D eigenvalue weighted by atomic mass is 10.0. The number of hydrogen-bond donors (Lipinski definition) is 0. The van der Waals surface area contributed by atoms with Crippen molar-refractivity contribution in [2.45, 2.75) is 0 Å². The van der Waals surface area contributed by atoms with Crippen LogP contribution in [-0.4, -0.2) is 32.0 Å². The van der Waals surface area contributed by atoms with Gasteiger partial charge in [-0.2, -0.15) is 0 Å². The molecule has 35 heavy (non-hydrogen) atoms. The van der Waals surface area contributed by atoms with Gasteiger partial charge < -0.3 is 14.2 Å². The Labute approximate surface area is 203 Å². The Kier molecular flexibility index (Phi) is 8.56. The van der Waals surface area contributed by atoms with E-state index in [1.807, 2.05) is 42.5 Å². The number of nitrogens with zero attached hydrogens (tertiary/aromatic N) is 1. The molecule has 0 bridgehead atoms. The molecule has 0 aromatic heterocycles. The van der Waals surface area contributed by atoms with Gasteiger partial charge in [-0.05, 0) is 65.3 Å². The van der Waals surface area contributed by atoms with Crippen LogP contribution in [0.3, 0.4) is 0 Å². The molecule has 0 heterocycles. The van der Waals surface area contributed by atoms with Crippen molar-refractivity contribution in [3.63, 3.8) is 0 Å². The Bertz CT molecular complexity index is 1270. The summed E-state index contributed by atoms with van der Waals surface area (Å²) in [7, 11) is 4.75. The number of allylic oxidation sites excluding steroid dienone is 2. The second-order valence-corrected chi connectivity index (χ2v) is 7.36. The first kappa shape index (κ1) is 25.0. The van der Waals surface area contributed by atoms with Gasteiger partial charge in [-0.3, -0.25) is 14.9 Å². The minimum absolute atomic E-state index is 0.00445. The van der Waals surface area contributed by atoms with Crippen LogP contribution in [0.2, 0.25) is 0 Å². The number of methoxy groups -OCH3 is 3. The predicted octanol–water partition coefficient (Wildman–Crippen LogP) is 6.09. The summed E-state index contributed by atoms with van der Waals surface area (Å²) in [4.78, 5) is 22.8. The molecule has 0 atom stereocenters. The van der Waals surface area contributed by atoms with Crippen LogP contribution in [0.1, 0.15) is 22.3 Å². The zero-order valence-corrected chi connectivity index (χ0v) is 19.6. The molecule has 0 aliphatic rings. The van der Waals surface area contributed by atoms with E-state index in [1.165, 1.54) is 24.3 Å². The Morgan fingerprint density at radius 2 is 1.34 bits per heavy atom. The van der Waals surface area contributed by atoms with Crippen molar-refractivity contribution >= 4 is 35.8 Å². The highest BCUT2D eigenvalue weighted by molar-refractivity contribution is 6.05. The van der Waals surface area contributed by atoms with Gasteiger partial charge in [0.25, 0.3) is 5.69 Å². The average molecular weight is 472 g/mol. The largest absolute Gasteiger partial charge is 0.497 e. The lowest BCUT2D eigenvalue weighted by molar-refractivity contribution is -0.384. The van der Waals surface area contributed by atoms with E-state index in [-0.39, 0.29) is 11.5 Å². The standard InChI is InChI=1S/C28H25NO6/c1-33-25-15-8-20(9-16-25)4-10-22-18-26(34-2)19-28(35-3)27(22)17-14-24(30)13-7-21-5-11-23(12-6-21)29(31)32/h4-19H,1-3H3/b10-4+,13-7+,17-14+. The van der Waals surface area contributed by atoms with Crippen molar-refractivity contribution in [2.24, 2.45) is 0 Å². The highest BCUT2D eigenvalue weighted by atomic mass is 16.6. The van der Waals surface area contributed by atoms with Crippen molar-refractivity contribution in [3.05, 3.63) is 105 Å². The summed E-state index contributed by atoms with van der Waals surface area (Å²) in [5.74, 6) is 1.71. The Morgan fingerprint density at radius 3 is 1.94 bits per heavy atom. The molecule has 0 amide bonds. The molecule has 7 nitrogen and oxygen atoms in total. The third-order valence-corrected chi connectivity index (χ3v) is 5.13. The molecule has 0 aliphatic carbocycles. The highest BCUT2D eigenvalue weighted by Crippen LogP contribution is 2.31. The maximum atomic E-state index is 12.5. The molecule has 7 heteroatoms. The molecule has 0 spiro atoms. The monoisotopic (exact) mass is 471 g/mol. The van der Waals surface area contributed by atoms with Gasteiger partial charge in [-0.25, -0.2) is 0 Å². The van der Waals surface area contributed by atoms with Crippen LogP contribution in [-0.2, 0) is 4.79 Å².